The van der Waals surface area contributed by atoms with Gasteiger partial charge in [0.1, 0.15) is 11.5 Å². The summed E-state index contributed by atoms with van der Waals surface area (Å²) in [5.41, 5.74) is 1.71. The van der Waals surface area contributed by atoms with E-state index in [4.69, 9.17) is 4.74 Å². The van der Waals surface area contributed by atoms with E-state index in [1.54, 1.807) is 38.2 Å². The average molecular weight is 370 g/mol. The van der Waals surface area contributed by atoms with Crippen molar-refractivity contribution in [2.75, 3.05) is 4.90 Å². The van der Waals surface area contributed by atoms with Gasteiger partial charge in [-0.2, -0.15) is 4.80 Å². The van der Waals surface area contributed by atoms with Crippen LogP contribution in [-0.4, -0.2) is 48.7 Å². The third-order valence-corrected chi connectivity index (χ3v) is 4.28. The summed E-state index contributed by atoms with van der Waals surface area (Å²) in [6.45, 7) is 1.62. The van der Waals surface area contributed by atoms with Gasteiger partial charge in [-0.05, 0) is 36.4 Å². The van der Waals surface area contributed by atoms with E-state index in [1.807, 2.05) is 0 Å². The number of aryl methyl sites for hydroxylation is 1. The molecule has 4 rings (SSSR count). The number of nitrogens with zero attached hydrogens (tertiary/aromatic N) is 6. The molecule has 0 aliphatic carbocycles. The summed E-state index contributed by atoms with van der Waals surface area (Å²) in [4.78, 5) is 18.6. The Morgan fingerprint density at radius 1 is 1.26 bits per heavy atom. The van der Waals surface area contributed by atoms with Crippen LogP contribution < -0.4 is 4.90 Å². The smallest absolute Gasteiger partial charge is 0.417 e. The molecule has 1 aliphatic rings. The topological polar surface area (TPSA) is 106 Å². The summed E-state index contributed by atoms with van der Waals surface area (Å²) < 4.78 is 19.4. The zero-order chi connectivity index (χ0) is 19.1. The molecule has 3 aromatic rings. The molecule has 9 nitrogen and oxygen atoms in total. The van der Waals surface area contributed by atoms with Crippen LogP contribution in [0.5, 0.6) is 0 Å². The molecule has 10 heteroatoms. The first-order valence-corrected chi connectivity index (χ1v) is 8.12. The molecule has 2 atom stereocenters. The summed E-state index contributed by atoms with van der Waals surface area (Å²) in [5, 5.41) is 21.3. The van der Waals surface area contributed by atoms with Crippen LogP contribution in [0.1, 0.15) is 6.92 Å². The van der Waals surface area contributed by atoms with Gasteiger partial charge < -0.3 is 9.84 Å². The minimum absolute atomic E-state index is 0.304. The molecule has 0 saturated carbocycles. The van der Waals surface area contributed by atoms with Crippen molar-refractivity contribution in [1.29, 1.82) is 0 Å². The molecule has 1 amide bonds. The monoisotopic (exact) mass is 370 g/mol. The van der Waals surface area contributed by atoms with Crippen molar-refractivity contribution >= 4 is 11.8 Å². The van der Waals surface area contributed by atoms with Crippen molar-refractivity contribution in [3.05, 3.63) is 42.3 Å². The lowest BCUT2D eigenvalue weighted by Crippen LogP contribution is -2.33. The Kier molecular flexibility index (Phi) is 4.04. The molecule has 1 fully saturated rings. The Balaban J connectivity index is 1.62. The second kappa shape index (κ2) is 6.40. The Bertz CT molecular complexity index is 1010. The summed E-state index contributed by atoms with van der Waals surface area (Å²) >= 11 is 0. The van der Waals surface area contributed by atoms with Crippen LogP contribution in [0.25, 0.3) is 22.6 Å². The molecule has 27 heavy (non-hydrogen) atoms. The highest BCUT2D eigenvalue weighted by Crippen LogP contribution is 2.31. The van der Waals surface area contributed by atoms with Gasteiger partial charge in [0.05, 0.1) is 18.8 Å². The fraction of sp³-hybridized carbons (Fsp3) is 0.235. The molecule has 138 valence electrons. The second-order valence-corrected chi connectivity index (χ2v) is 6.08. The lowest BCUT2D eigenvalue weighted by molar-refractivity contribution is -0.0312. The molecule has 0 radical (unpaired) electrons. The highest BCUT2D eigenvalue weighted by molar-refractivity contribution is 5.90. The number of pyridine rings is 1. The third kappa shape index (κ3) is 2.99. The van der Waals surface area contributed by atoms with Gasteiger partial charge in [0, 0.05) is 17.3 Å². The SMILES string of the molecule is C[C@@H]1C(O)OC(=O)N1c1ccc(-c2ccc(-c3nnn(C)n3)nc2)c(F)c1. The molecule has 0 spiro atoms. The number of tetrazole rings is 1. The van der Waals surface area contributed by atoms with Gasteiger partial charge in [0.15, 0.2) is 0 Å². The molecule has 1 aliphatic heterocycles. The summed E-state index contributed by atoms with van der Waals surface area (Å²) in [7, 11) is 1.65. The van der Waals surface area contributed by atoms with Gasteiger partial charge in [-0.25, -0.2) is 9.18 Å². The van der Waals surface area contributed by atoms with Gasteiger partial charge in [-0.3, -0.25) is 9.88 Å². The Labute approximate surface area is 153 Å². The van der Waals surface area contributed by atoms with Crippen LogP contribution in [0.15, 0.2) is 36.5 Å². The van der Waals surface area contributed by atoms with E-state index in [1.165, 1.54) is 22.0 Å². The number of aromatic nitrogens is 5. The summed E-state index contributed by atoms with van der Waals surface area (Å²) in [6, 6.07) is 7.13. The van der Waals surface area contributed by atoms with Crippen molar-refractivity contribution in [3.63, 3.8) is 0 Å². The van der Waals surface area contributed by atoms with Crippen molar-refractivity contribution in [3.8, 4) is 22.6 Å². The van der Waals surface area contributed by atoms with E-state index in [0.29, 0.717) is 28.3 Å². The predicted molar refractivity (Wildman–Crippen MR) is 91.9 cm³/mol. The van der Waals surface area contributed by atoms with E-state index < -0.39 is 24.2 Å². The third-order valence-electron chi connectivity index (χ3n) is 4.28. The lowest BCUT2D eigenvalue weighted by Gasteiger charge is -2.19. The Morgan fingerprint density at radius 3 is 2.63 bits per heavy atom. The first-order chi connectivity index (χ1) is 12.9. The quantitative estimate of drug-likeness (QED) is 0.748. The van der Waals surface area contributed by atoms with Gasteiger partial charge in [-0.1, -0.05) is 6.07 Å². The first-order valence-electron chi connectivity index (χ1n) is 8.12. The number of hydrogen-bond donors (Lipinski definition) is 1. The highest BCUT2D eigenvalue weighted by Gasteiger charge is 2.38. The second-order valence-electron chi connectivity index (χ2n) is 6.08. The number of halogens is 1. The van der Waals surface area contributed by atoms with Crippen LogP contribution >= 0.6 is 0 Å². The molecule has 3 heterocycles. The maximum atomic E-state index is 14.7. The largest absolute Gasteiger partial charge is 0.417 e. The first kappa shape index (κ1) is 17.0. The fourth-order valence-electron chi connectivity index (χ4n) is 2.85. The van der Waals surface area contributed by atoms with Crippen LogP contribution in [0.4, 0.5) is 14.9 Å². The number of amides is 1. The van der Waals surface area contributed by atoms with E-state index >= 15 is 0 Å². The van der Waals surface area contributed by atoms with Crippen LogP contribution in [0.3, 0.4) is 0 Å². The van der Waals surface area contributed by atoms with Crippen LogP contribution in [0.2, 0.25) is 0 Å². The van der Waals surface area contributed by atoms with Crippen LogP contribution in [0, 0.1) is 5.82 Å². The number of hydrogen-bond acceptors (Lipinski definition) is 7. The Morgan fingerprint density at radius 2 is 2.07 bits per heavy atom. The molecule has 1 aromatic carbocycles. The van der Waals surface area contributed by atoms with E-state index in [2.05, 4.69) is 20.4 Å². The number of benzene rings is 1. The number of aliphatic hydroxyl groups is 1. The molecular formula is C17H15FN6O3. The minimum Gasteiger partial charge on any atom is -0.417 e. The van der Waals surface area contributed by atoms with E-state index in [0.717, 1.165) is 0 Å². The van der Waals surface area contributed by atoms with Gasteiger partial charge >= 0.3 is 6.09 Å². The van der Waals surface area contributed by atoms with Crippen molar-refractivity contribution in [2.24, 2.45) is 7.05 Å². The van der Waals surface area contributed by atoms with Gasteiger partial charge in [0.2, 0.25) is 12.1 Å². The van der Waals surface area contributed by atoms with E-state index in [9.17, 15) is 14.3 Å². The maximum absolute atomic E-state index is 14.7. The normalized spacial score (nSPS) is 19.4. The number of cyclic esters (lactones) is 1. The standard InChI is InChI=1S/C17H15FN6O3/c1-9-16(25)27-17(26)24(9)11-4-5-12(13(18)7-11)10-3-6-14(19-8-10)15-20-22-23(2)21-15/h3-9,16,25H,1-2H3/t9-,16?/m1/s1. The molecule has 1 unspecified atom stereocenters. The zero-order valence-corrected chi connectivity index (χ0v) is 14.4. The maximum Gasteiger partial charge on any atom is 0.417 e. The minimum atomic E-state index is -1.24. The van der Waals surface area contributed by atoms with E-state index in [-0.39, 0.29) is 0 Å². The predicted octanol–water partition coefficient (Wildman–Crippen LogP) is 1.74. The average Bonchev–Trinajstić information content (AvgIpc) is 3.18. The van der Waals surface area contributed by atoms with Crippen molar-refractivity contribution in [1.82, 2.24) is 25.2 Å². The van der Waals surface area contributed by atoms with Crippen LogP contribution in [-0.2, 0) is 11.8 Å². The number of rotatable bonds is 3. The molecule has 1 saturated heterocycles. The number of carbonyl (C=O) groups is 1. The fourth-order valence-corrected chi connectivity index (χ4v) is 2.85. The lowest BCUT2D eigenvalue weighted by atomic mass is 10.1. The summed E-state index contributed by atoms with van der Waals surface area (Å²) in [6.07, 6.45) is -0.448. The van der Waals surface area contributed by atoms with Crippen molar-refractivity contribution < 1.29 is 19.0 Å². The zero-order valence-electron chi connectivity index (χ0n) is 14.4. The number of aliphatic hydroxyl groups excluding tert-OH is 1. The molecule has 1 N–H and O–H groups in total. The molecule has 2 aromatic heterocycles. The number of anilines is 1. The van der Waals surface area contributed by atoms with Gasteiger partial charge in [-0.15, -0.1) is 10.2 Å². The molecule has 0 bridgehead atoms. The summed E-state index contributed by atoms with van der Waals surface area (Å²) in [5.74, 6) is -0.152. The molecular weight excluding hydrogens is 355 g/mol. The van der Waals surface area contributed by atoms with Gasteiger partial charge in [0.25, 0.3) is 0 Å². The number of carbonyl (C=O) groups excluding carboxylic acids is 1. The Hall–Kier alpha value is -3.40. The highest BCUT2D eigenvalue weighted by atomic mass is 19.1. The number of ether oxygens (including phenoxy) is 1. The van der Waals surface area contributed by atoms with Crippen molar-refractivity contribution in [2.45, 2.75) is 19.3 Å².